The molecule has 0 unspecified atom stereocenters. The van der Waals surface area contributed by atoms with Crippen molar-refractivity contribution >= 4 is 11.5 Å². The first-order chi connectivity index (χ1) is 7.16. The van der Waals surface area contributed by atoms with Crippen LogP contribution < -0.4 is 0 Å². The van der Waals surface area contributed by atoms with Gasteiger partial charge in [0.1, 0.15) is 0 Å². The van der Waals surface area contributed by atoms with Crippen LogP contribution in [-0.4, -0.2) is 11.1 Å². The van der Waals surface area contributed by atoms with E-state index in [9.17, 15) is 4.79 Å². The van der Waals surface area contributed by atoms with Crippen LogP contribution >= 0.6 is 0 Å². The molecule has 1 N–H and O–H groups in total. The number of carbonyl (C=O) groups is 1. The van der Waals surface area contributed by atoms with Gasteiger partial charge in [-0.15, -0.1) is 0 Å². The molecule has 0 bridgehead atoms. The quantitative estimate of drug-likeness (QED) is 0.765. The second-order valence-electron chi connectivity index (χ2n) is 4.08. The molecule has 1 saturated carbocycles. The van der Waals surface area contributed by atoms with Crippen molar-refractivity contribution in [3.8, 4) is 0 Å². The van der Waals surface area contributed by atoms with E-state index in [1.807, 2.05) is 31.2 Å². The Hall–Kier alpha value is -1.57. The van der Waals surface area contributed by atoms with Crippen LogP contribution in [0.1, 0.15) is 24.0 Å². The smallest absolute Gasteiger partial charge is 0.328 e. The Morgan fingerprint density at radius 1 is 1.47 bits per heavy atom. The van der Waals surface area contributed by atoms with E-state index in [4.69, 9.17) is 5.11 Å². The fourth-order valence-corrected chi connectivity index (χ4v) is 1.79. The van der Waals surface area contributed by atoms with E-state index in [1.54, 1.807) is 0 Å². The standard InChI is InChI=1S/C13H14O2/c1-9-3-2-4-11(7-9)12(8-13(14)15)10-5-6-10/h2-4,7-8,10H,5-6H2,1H3,(H,14,15)/b12-8+. The minimum Gasteiger partial charge on any atom is -0.478 e. The molecule has 1 fully saturated rings. The molecule has 0 atom stereocenters. The molecule has 1 aromatic carbocycles. The van der Waals surface area contributed by atoms with Crippen LogP contribution in [0.25, 0.3) is 5.57 Å². The van der Waals surface area contributed by atoms with Gasteiger partial charge in [-0.2, -0.15) is 0 Å². The summed E-state index contributed by atoms with van der Waals surface area (Å²) in [4.78, 5) is 10.7. The van der Waals surface area contributed by atoms with Crippen molar-refractivity contribution in [2.24, 2.45) is 5.92 Å². The molecule has 0 amide bonds. The second kappa shape index (κ2) is 3.89. The van der Waals surface area contributed by atoms with Gasteiger partial charge in [0, 0.05) is 6.08 Å². The monoisotopic (exact) mass is 202 g/mol. The summed E-state index contributed by atoms with van der Waals surface area (Å²) < 4.78 is 0. The maximum absolute atomic E-state index is 10.7. The van der Waals surface area contributed by atoms with Crippen LogP contribution in [0, 0.1) is 12.8 Å². The van der Waals surface area contributed by atoms with Crippen LogP contribution in [0.3, 0.4) is 0 Å². The summed E-state index contributed by atoms with van der Waals surface area (Å²) in [6.07, 6.45) is 3.59. The van der Waals surface area contributed by atoms with Gasteiger partial charge < -0.3 is 5.11 Å². The number of carboxylic acids is 1. The summed E-state index contributed by atoms with van der Waals surface area (Å²) in [6.45, 7) is 2.02. The Morgan fingerprint density at radius 3 is 2.73 bits per heavy atom. The van der Waals surface area contributed by atoms with Crippen LogP contribution in [0.2, 0.25) is 0 Å². The number of benzene rings is 1. The number of aliphatic carboxylic acids is 1. The second-order valence-corrected chi connectivity index (χ2v) is 4.08. The van der Waals surface area contributed by atoms with Gasteiger partial charge in [0.25, 0.3) is 0 Å². The highest BCUT2D eigenvalue weighted by atomic mass is 16.4. The molecule has 0 saturated heterocycles. The van der Waals surface area contributed by atoms with Gasteiger partial charge >= 0.3 is 5.97 Å². The average Bonchev–Trinajstić information content (AvgIpc) is 2.97. The Labute approximate surface area is 89.2 Å². The Bertz CT molecular complexity index is 414. The topological polar surface area (TPSA) is 37.3 Å². The first-order valence-corrected chi connectivity index (χ1v) is 5.18. The van der Waals surface area contributed by atoms with Crippen molar-refractivity contribution < 1.29 is 9.90 Å². The van der Waals surface area contributed by atoms with Crippen LogP contribution in [-0.2, 0) is 4.79 Å². The van der Waals surface area contributed by atoms with Crippen LogP contribution in [0.4, 0.5) is 0 Å². The zero-order valence-electron chi connectivity index (χ0n) is 8.73. The third kappa shape index (κ3) is 2.46. The van der Waals surface area contributed by atoms with Gasteiger partial charge in [-0.05, 0) is 36.8 Å². The zero-order chi connectivity index (χ0) is 10.8. The normalized spacial score (nSPS) is 16.5. The van der Waals surface area contributed by atoms with Crippen molar-refractivity contribution in [1.29, 1.82) is 0 Å². The van der Waals surface area contributed by atoms with Gasteiger partial charge in [0.2, 0.25) is 0 Å². The number of rotatable bonds is 3. The molecular formula is C13H14O2. The maximum Gasteiger partial charge on any atom is 0.328 e. The largest absolute Gasteiger partial charge is 0.478 e. The molecule has 78 valence electrons. The van der Waals surface area contributed by atoms with Crippen LogP contribution in [0.5, 0.6) is 0 Å². The highest BCUT2D eigenvalue weighted by molar-refractivity contribution is 5.91. The fraction of sp³-hybridized carbons (Fsp3) is 0.308. The first-order valence-electron chi connectivity index (χ1n) is 5.18. The first kappa shape index (κ1) is 9.97. The van der Waals surface area contributed by atoms with Crippen molar-refractivity contribution in [1.82, 2.24) is 0 Å². The number of carboxylic acid groups (broad SMARTS) is 1. The molecule has 1 aliphatic rings. The lowest BCUT2D eigenvalue weighted by molar-refractivity contribution is -0.131. The Balaban J connectivity index is 2.36. The Morgan fingerprint density at radius 2 is 2.20 bits per heavy atom. The molecule has 1 aromatic rings. The molecule has 0 radical (unpaired) electrons. The predicted octanol–water partition coefficient (Wildman–Crippen LogP) is 2.87. The number of allylic oxidation sites excluding steroid dienone is 1. The molecule has 15 heavy (non-hydrogen) atoms. The number of hydrogen-bond donors (Lipinski definition) is 1. The molecule has 0 aliphatic heterocycles. The van der Waals surface area contributed by atoms with E-state index in [1.165, 1.54) is 11.6 Å². The van der Waals surface area contributed by atoms with Crippen LogP contribution in [0.15, 0.2) is 30.3 Å². The predicted molar refractivity (Wildman–Crippen MR) is 59.5 cm³/mol. The van der Waals surface area contributed by atoms with Crippen molar-refractivity contribution in [3.63, 3.8) is 0 Å². The lowest BCUT2D eigenvalue weighted by atomic mass is 9.99. The summed E-state index contributed by atoms with van der Waals surface area (Å²) in [5.41, 5.74) is 3.20. The average molecular weight is 202 g/mol. The summed E-state index contributed by atoms with van der Waals surface area (Å²) in [6, 6.07) is 8.03. The van der Waals surface area contributed by atoms with E-state index < -0.39 is 5.97 Å². The molecular weight excluding hydrogens is 188 g/mol. The summed E-state index contributed by atoms with van der Waals surface area (Å²) in [7, 11) is 0. The molecule has 2 heteroatoms. The van der Waals surface area contributed by atoms with Gasteiger partial charge in [0.05, 0.1) is 0 Å². The molecule has 0 heterocycles. The van der Waals surface area contributed by atoms with E-state index in [2.05, 4.69) is 0 Å². The van der Waals surface area contributed by atoms with Crippen molar-refractivity contribution in [2.75, 3.05) is 0 Å². The third-order valence-corrected chi connectivity index (χ3v) is 2.65. The van der Waals surface area contributed by atoms with E-state index in [-0.39, 0.29) is 0 Å². The maximum atomic E-state index is 10.7. The molecule has 2 rings (SSSR count). The SMILES string of the molecule is Cc1cccc(/C(=C/C(=O)O)C2CC2)c1. The zero-order valence-corrected chi connectivity index (χ0v) is 8.73. The molecule has 0 aromatic heterocycles. The number of aryl methyl sites for hydroxylation is 1. The molecule has 0 spiro atoms. The lowest BCUT2D eigenvalue weighted by Crippen LogP contribution is -1.94. The van der Waals surface area contributed by atoms with Crippen molar-refractivity contribution in [3.05, 3.63) is 41.5 Å². The molecule has 1 aliphatic carbocycles. The lowest BCUT2D eigenvalue weighted by Gasteiger charge is -2.06. The van der Waals surface area contributed by atoms with Gasteiger partial charge in [-0.25, -0.2) is 4.79 Å². The Kier molecular flexibility index (Phi) is 2.58. The fourth-order valence-electron chi connectivity index (χ4n) is 1.79. The molecule has 2 nitrogen and oxygen atoms in total. The summed E-state index contributed by atoms with van der Waals surface area (Å²) in [5, 5.41) is 8.81. The van der Waals surface area contributed by atoms with E-state index >= 15 is 0 Å². The van der Waals surface area contributed by atoms with Gasteiger partial charge in [0.15, 0.2) is 0 Å². The van der Waals surface area contributed by atoms with Crippen molar-refractivity contribution in [2.45, 2.75) is 19.8 Å². The van der Waals surface area contributed by atoms with Gasteiger partial charge in [-0.3, -0.25) is 0 Å². The minimum absolute atomic E-state index is 0.461. The highest BCUT2D eigenvalue weighted by Crippen LogP contribution is 2.41. The third-order valence-electron chi connectivity index (χ3n) is 2.65. The number of hydrogen-bond acceptors (Lipinski definition) is 1. The van der Waals surface area contributed by atoms with E-state index in [0.29, 0.717) is 5.92 Å². The van der Waals surface area contributed by atoms with E-state index in [0.717, 1.165) is 24.0 Å². The highest BCUT2D eigenvalue weighted by Gasteiger charge is 2.27. The summed E-state index contributed by atoms with van der Waals surface area (Å²) >= 11 is 0. The minimum atomic E-state index is -0.849. The summed E-state index contributed by atoms with van der Waals surface area (Å²) in [5.74, 6) is -0.388. The van der Waals surface area contributed by atoms with Gasteiger partial charge in [-0.1, -0.05) is 29.8 Å².